The quantitative estimate of drug-likeness (QED) is 0.737. The molecule has 0 unspecified atom stereocenters. The fourth-order valence-electron chi connectivity index (χ4n) is 3.01. The Balaban J connectivity index is 1.45. The minimum Gasteiger partial charge on any atom is -0.416 e. The molecule has 1 aromatic heterocycles. The zero-order chi connectivity index (χ0) is 19.1. The second kappa shape index (κ2) is 9.55. The molecule has 1 fully saturated rings. The predicted octanol–water partition coefficient (Wildman–Crippen LogP) is 3.30. The fraction of sp³-hybridized carbons (Fsp3) is 0.474. The van der Waals surface area contributed by atoms with Gasteiger partial charge in [-0.1, -0.05) is 61.4 Å². The summed E-state index contributed by atoms with van der Waals surface area (Å²) in [6.07, 6.45) is 5.93. The number of rotatable bonds is 6. The second-order valence-electron chi connectivity index (χ2n) is 6.68. The van der Waals surface area contributed by atoms with Crippen molar-refractivity contribution >= 4 is 23.7 Å². The largest absolute Gasteiger partial charge is 0.416 e. The Labute approximate surface area is 162 Å². The van der Waals surface area contributed by atoms with Gasteiger partial charge in [-0.15, -0.1) is 10.2 Å². The molecule has 144 valence electrons. The van der Waals surface area contributed by atoms with Crippen LogP contribution in [0.4, 0.5) is 4.79 Å². The number of nitrogens with one attached hydrogen (secondary N) is 2. The summed E-state index contributed by atoms with van der Waals surface area (Å²) >= 11 is 1.14. The number of nitrogens with zero attached hydrogens (tertiary/aromatic N) is 2. The number of hydrogen-bond acceptors (Lipinski definition) is 6. The summed E-state index contributed by atoms with van der Waals surface area (Å²) in [6, 6.07) is 9.54. The summed E-state index contributed by atoms with van der Waals surface area (Å²) < 4.78 is 5.60. The van der Waals surface area contributed by atoms with Crippen molar-refractivity contribution in [3.05, 3.63) is 41.8 Å². The molecule has 8 heteroatoms. The summed E-state index contributed by atoms with van der Waals surface area (Å²) in [6.45, 7) is 1.70. The molecule has 27 heavy (non-hydrogen) atoms. The number of aromatic nitrogens is 2. The van der Waals surface area contributed by atoms with Gasteiger partial charge >= 0.3 is 6.03 Å². The van der Waals surface area contributed by atoms with Crippen molar-refractivity contribution in [3.8, 4) is 0 Å². The van der Waals surface area contributed by atoms with Gasteiger partial charge in [-0.05, 0) is 25.3 Å². The first-order valence-electron chi connectivity index (χ1n) is 9.24. The van der Waals surface area contributed by atoms with E-state index >= 15 is 0 Å². The van der Waals surface area contributed by atoms with Gasteiger partial charge in [-0.25, -0.2) is 4.79 Å². The van der Waals surface area contributed by atoms with Gasteiger partial charge in [-0.3, -0.25) is 10.1 Å². The van der Waals surface area contributed by atoms with E-state index in [1.807, 2.05) is 30.3 Å². The predicted molar refractivity (Wildman–Crippen MR) is 102 cm³/mol. The van der Waals surface area contributed by atoms with Crippen LogP contribution in [0.1, 0.15) is 50.5 Å². The van der Waals surface area contributed by atoms with Crippen LogP contribution in [0.15, 0.2) is 40.0 Å². The van der Waals surface area contributed by atoms with Crippen molar-refractivity contribution in [1.82, 2.24) is 20.8 Å². The lowest BCUT2D eigenvalue weighted by molar-refractivity contribution is -0.119. The van der Waals surface area contributed by atoms with Gasteiger partial charge < -0.3 is 9.73 Å². The lowest BCUT2D eigenvalue weighted by atomic mass is 9.96. The Morgan fingerprint density at radius 2 is 1.93 bits per heavy atom. The Kier molecular flexibility index (Phi) is 6.86. The molecule has 1 aromatic carbocycles. The number of carbonyl (C=O) groups excluding carboxylic acids is 2. The summed E-state index contributed by atoms with van der Waals surface area (Å²) in [7, 11) is 0. The minimum absolute atomic E-state index is 0.158. The number of urea groups is 1. The Bertz CT molecular complexity index is 759. The number of carbonyl (C=O) groups is 2. The van der Waals surface area contributed by atoms with E-state index in [2.05, 4.69) is 20.8 Å². The van der Waals surface area contributed by atoms with Crippen molar-refractivity contribution < 1.29 is 14.0 Å². The Morgan fingerprint density at radius 3 is 2.67 bits per heavy atom. The number of benzene rings is 1. The topological polar surface area (TPSA) is 97.1 Å². The highest BCUT2D eigenvalue weighted by molar-refractivity contribution is 8.00. The van der Waals surface area contributed by atoms with Crippen molar-refractivity contribution in [2.75, 3.05) is 0 Å². The van der Waals surface area contributed by atoms with Gasteiger partial charge in [0.05, 0.1) is 11.7 Å². The number of thioether (sulfide) groups is 1. The third-order valence-electron chi connectivity index (χ3n) is 4.47. The van der Waals surface area contributed by atoms with Gasteiger partial charge in [0.25, 0.3) is 5.22 Å². The lowest BCUT2D eigenvalue weighted by Gasteiger charge is -2.22. The molecule has 2 N–H and O–H groups in total. The van der Waals surface area contributed by atoms with Crippen molar-refractivity contribution in [2.45, 2.75) is 62.0 Å². The maximum absolute atomic E-state index is 12.2. The van der Waals surface area contributed by atoms with E-state index in [1.54, 1.807) is 6.92 Å². The molecule has 0 saturated heterocycles. The van der Waals surface area contributed by atoms with E-state index in [0.29, 0.717) is 17.5 Å². The van der Waals surface area contributed by atoms with Crippen LogP contribution in [0, 0.1) is 0 Å². The van der Waals surface area contributed by atoms with E-state index in [0.717, 1.165) is 43.0 Å². The monoisotopic (exact) mass is 388 g/mol. The summed E-state index contributed by atoms with van der Waals surface area (Å²) in [5, 5.41) is 13.0. The molecule has 7 nitrogen and oxygen atoms in total. The van der Waals surface area contributed by atoms with Crippen LogP contribution in [0.5, 0.6) is 0 Å². The first-order valence-corrected chi connectivity index (χ1v) is 10.1. The molecule has 1 atom stereocenters. The van der Waals surface area contributed by atoms with E-state index in [1.165, 1.54) is 6.42 Å². The van der Waals surface area contributed by atoms with Gasteiger partial charge in [0.1, 0.15) is 0 Å². The van der Waals surface area contributed by atoms with Crippen LogP contribution in [0.2, 0.25) is 0 Å². The maximum Gasteiger partial charge on any atom is 0.321 e. The molecule has 0 spiro atoms. The Hall–Kier alpha value is -2.35. The first-order chi connectivity index (χ1) is 13.1. The highest BCUT2D eigenvalue weighted by Crippen LogP contribution is 2.23. The van der Waals surface area contributed by atoms with Gasteiger partial charge in [0.2, 0.25) is 11.8 Å². The molecule has 3 rings (SSSR count). The summed E-state index contributed by atoms with van der Waals surface area (Å²) in [4.78, 5) is 24.2. The Morgan fingerprint density at radius 1 is 1.19 bits per heavy atom. The SMILES string of the molecule is C[C@@H](Sc1nnc(Cc2ccccc2)o1)C(=O)NC(=O)NC1CCCCC1. The zero-order valence-electron chi connectivity index (χ0n) is 15.3. The normalized spacial score (nSPS) is 15.9. The molecule has 1 saturated carbocycles. The highest BCUT2D eigenvalue weighted by Gasteiger charge is 2.22. The molecule has 0 radical (unpaired) electrons. The van der Waals surface area contributed by atoms with Gasteiger partial charge in [0.15, 0.2) is 0 Å². The standard InChI is InChI=1S/C19H24N4O3S/c1-13(17(24)21-18(25)20-15-10-6-3-7-11-15)27-19-23-22-16(26-19)12-14-8-4-2-5-9-14/h2,4-5,8-9,13,15H,3,6-7,10-12H2,1H3,(H2,20,21,24,25)/t13-/m1/s1. The molecule has 1 aliphatic carbocycles. The van der Waals surface area contributed by atoms with Crippen LogP contribution in [-0.2, 0) is 11.2 Å². The number of imide groups is 1. The molecule has 2 aromatic rings. The average Bonchev–Trinajstić information content (AvgIpc) is 3.10. The average molecular weight is 388 g/mol. The molecule has 0 aliphatic heterocycles. The van der Waals surface area contributed by atoms with E-state index in [-0.39, 0.29) is 11.9 Å². The van der Waals surface area contributed by atoms with Gasteiger partial charge in [-0.2, -0.15) is 0 Å². The van der Waals surface area contributed by atoms with Crippen LogP contribution in [0.25, 0.3) is 0 Å². The summed E-state index contributed by atoms with van der Waals surface area (Å²) in [5.41, 5.74) is 1.07. The van der Waals surface area contributed by atoms with E-state index < -0.39 is 11.3 Å². The van der Waals surface area contributed by atoms with E-state index in [4.69, 9.17) is 4.42 Å². The highest BCUT2D eigenvalue weighted by atomic mass is 32.2. The molecule has 3 amide bonds. The van der Waals surface area contributed by atoms with Crippen LogP contribution >= 0.6 is 11.8 Å². The van der Waals surface area contributed by atoms with Gasteiger partial charge in [0, 0.05) is 6.04 Å². The zero-order valence-corrected chi connectivity index (χ0v) is 16.1. The van der Waals surface area contributed by atoms with Crippen molar-refractivity contribution in [1.29, 1.82) is 0 Å². The lowest BCUT2D eigenvalue weighted by Crippen LogP contribution is -2.47. The fourth-order valence-corrected chi connectivity index (χ4v) is 3.72. The van der Waals surface area contributed by atoms with Crippen LogP contribution < -0.4 is 10.6 Å². The maximum atomic E-state index is 12.2. The summed E-state index contributed by atoms with van der Waals surface area (Å²) in [5.74, 6) is 0.113. The molecule has 1 heterocycles. The first kappa shape index (κ1) is 19.4. The molecular weight excluding hydrogens is 364 g/mol. The van der Waals surface area contributed by atoms with Crippen LogP contribution in [0.3, 0.4) is 0 Å². The number of amides is 3. The van der Waals surface area contributed by atoms with Crippen LogP contribution in [-0.4, -0.2) is 33.4 Å². The smallest absolute Gasteiger partial charge is 0.321 e. The number of hydrogen-bond donors (Lipinski definition) is 2. The van der Waals surface area contributed by atoms with Crippen molar-refractivity contribution in [2.24, 2.45) is 0 Å². The molecule has 1 aliphatic rings. The second-order valence-corrected chi connectivity index (χ2v) is 7.97. The molecule has 0 bridgehead atoms. The molecular formula is C19H24N4O3S. The van der Waals surface area contributed by atoms with E-state index in [9.17, 15) is 9.59 Å². The van der Waals surface area contributed by atoms with Crippen molar-refractivity contribution in [3.63, 3.8) is 0 Å². The third kappa shape index (κ3) is 6.09. The minimum atomic E-state index is -0.521. The third-order valence-corrected chi connectivity index (χ3v) is 5.40.